The maximum Gasteiger partial charge on any atom is 0.416 e. The zero-order valence-electron chi connectivity index (χ0n) is 8.88. The molecule has 0 aromatic heterocycles. The Morgan fingerprint density at radius 1 is 1.38 bits per heavy atom. The van der Waals surface area contributed by atoms with E-state index in [1.165, 1.54) is 19.1 Å². The summed E-state index contributed by atoms with van der Waals surface area (Å²) >= 11 is 0. The maximum atomic E-state index is 12.6. The van der Waals surface area contributed by atoms with E-state index in [0.717, 1.165) is 6.07 Å². The van der Waals surface area contributed by atoms with Crippen LogP contribution in [0, 0.1) is 6.92 Å². The number of alkyl halides is 3. The zero-order chi connectivity index (χ0) is 12.3. The summed E-state index contributed by atoms with van der Waals surface area (Å²) in [5.41, 5.74) is 4.93. The summed E-state index contributed by atoms with van der Waals surface area (Å²) in [6.07, 6.45) is -5.07. The van der Waals surface area contributed by atoms with E-state index >= 15 is 0 Å². The van der Waals surface area contributed by atoms with E-state index in [1.807, 2.05) is 0 Å². The summed E-state index contributed by atoms with van der Waals surface area (Å²) in [4.78, 5) is 0. The van der Waals surface area contributed by atoms with Gasteiger partial charge in [0.25, 0.3) is 0 Å². The highest BCUT2D eigenvalue weighted by molar-refractivity contribution is 5.34. The van der Waals surface area contributed by atoms with Gasteiger partial charge in [0.15, 0.2) is 0 Å². The number of aliphatic hydroxyl groups is 1. The zero-order valence-corrected chi connectivity index (χ0v) is 8.88. The molecule has 90 valence electrons. The lowest BCUT2D eigenvalue weighted by Crippen LogP contribution is -2.11. The van der Waals surface area contributed by atoms with Crippen molar-refractivity contribution in [1.82, 2.24) is 0 Å². The van der Waals surface area contributed by atoms with Crippen molar-refractivity contribution in [3.8, 4) is 0 Å². The predicted molar refractivity (Wildman–Crippen MR) is 54.8 cm³/mol. The minimum Gasteiger partial charge on any atom is -0.388 e. The van der Waals surface area contributed by atoms with Crippen molar-refractivity contribution in [1.29, 1.82) is 0 Å². The third-order valence-electron chi connectivity index (χ3n) is 2.39. The fourth-order valence-corrected chi connectivity index (χ4v) is 1.48. The van der Waals surface area contributed by atoms with Crippen LogP contribution in [-0.4, -0.2) is 11.7 Å². The van der Waals surface area contributed by atoms with E-state index in [2.05, 4.69) is 0 Å². The standard InChI is InChI=1S/C11H14F3NO/c1-7-2-3-8(10(16)4-5-15)6-9(7)11(12,13)14/h2-3,6,10,16H,4-5,15H2,1H3. The molecule has 5 heteroatoms. The van der Waals surface area contributed by atoms with Gasteiger partial charge in [0.1, 0.15) is 0 Å². The monoisotopic (exact) mass is 233 g/mol. The second-order valence-electron chi connectivity index (χ2n) is 3.67. The average molecular weight is 233 g/mol. The van der Waals surface area contributed by atoms with E-state index in [1.54, 1.807) is 0 Å². The highest BCUT2D eigenvalue weighted by Gasteiger charge is 2.32. The molecule has 0 aliphatic heterocycles. The van der Waals surface area contributed by atoms with Gasteiger partial charge >= 0.3 is 6.18 Å². The van der Waals surface area contributed by atoms with E-state index in [0.29, 0.717) is 0 Å². The van der Waals surface area contributed by atoms with Gasteiger partial charge in [-0.05, 0) is 37.1 Å². The highest BCUT2D eigenvalue weighted by Crippen LogP contribution is 2.33. The first kappa shape index (κ1) is 13.0. The number of aliphatic hydroxyl groups excluding tert-OH is 1. The van der Waals surface area contributed by atoms with Gasteiger partial charge in [-0.15, -0.1) is 0 Å². The van der Waals surface area contributed by atoms with E-state index < -0.39 is 17.8 Å². The van der Waals surface area contributed by atoms with Crippen molar-refractivity contribution < 1.29 is 18.3 Å². The lowest BCUT2D eigenvalue weighted by atomic mass is 10.00. The average Bonchev–Trinajstić information content (AvgIpc) is 2.16. The van der Waals surface area contributed by atoms with Crippen LogP contribution in [-0.2, 0) is 6.18 Å². The molecule has 1 aromatic rings. The molecule has 0 heterocycles. The van der Waals surface area contributed by atoms with Crippen molar-refractivity contribution in [2.24, 2.45) is 5.73 Å². The molecule has 1 aromatic carbocycles. The van der Waals surface area contributed by atoms with Crippen LogP contribution in [0.3, 0.4) is 0 Å². The molecule has 0 saturated heterocycles. The van der Waals surface area contributed by atoms with Crippen molar-refractivity contribution in [2.75, 3.05) is 6.54 Å². The molecule has 0 radical (unpaired) electrons. The summed E-state index contributed by atoms with van der Waals surface area (Å²) < 4.78 is 37.7. The van der Waals surface area contributed by atoms with Gasteiger partial charge in [-0.3, -0.25) is 0 Å². The molecule has 1 unspecified atom stereocenters. The summed E-state index contributed by atoms with van der Waals surface area (Å²) in [5, 5.41) is 9.55. The molecule has 0 spiro atoms. The Labute approximate surface area is 91.9 Å². The summed E-state index contributed by atoms with van der Waals surface area (Å²) in [6, 6.07) is 3.83. The van der Waals surface area contributed by atoms with Gasteiger partial charge in [0.05, 0.1) is 11.7 Å². The second kappa shape index (κ2) is 4.84. The molecule has 1 atom stereocenters. The number of benzene rings is 1. The third-order valence-corrected chi connectivity index (χ3v) is 2.39. The largest absolute Gasteiger partial charge is 0.416 e. The predicted octanol–water partition coefficient (Wildman–Crippen LogP) is 2.40. The van der Waals surface area contributed by atoms with E-state index in [-0.39, 0.29) is 24.1 Å². The van der Waals surface area contributed by atoms with E-state index in [9.17, 15) is 18.3 Å². The van der Waals surface area contributed by atoms with Crippen molar-refractivity contribution in [3.05, 3.63) is 34.9 Å². The first-order valence-electron chi connectivity index (χ1n) is 4.92. The topological polar surface area (TPSA) is 46.2 Å². The minimum atomic E-state index is -4.39. The van der Waals surface area contributed by atoms with Gasteiger partial charge in [0, 0.05) is 0 Å². The second-order valence-corrected chi connectivity index (χ2v) is 3.67. The quantitative estimate of drug-likeness (QED) is 0.842. The van der Waals surface area contributed by atoms with Crippen LogP contribution in [0.5, 0.6) is 0 Å². The number of nitrogens with two attached hydrogens (primary N) is 1. The van der Waals surface area contributed by atoms with E-state index in [4.69, 9.17) is 5.73 Å². The van der Waals surface area contributed by atoms with Crippen LogP contribution in [0.15, 0.2) is 18.2 Å². The van der Waals surface area contributed by atoms with Crippen LogP contribution < -0.4 is 5.73 Å². The Morgan fingerprint density at radius 2 is 2.00 bits per heavy atom. The number of halogens is 3. The number of aryl methyl sites for hydroxylation is 1. The summed E-state index contributed by atoms with van der Waals surface area (Å²) in [5.74, 6) is 0. The molecule has 0 aliphatic carbocycles. The smallest absolute Gasteiger partial charge is 0.388 e. The Bertz CT molecular complexity index is 363. The molecule has 2 nitrogen and oxygen atoms in total. The first-order valence-corrected chi connectivity index (χ1v) is 4.92. The SMILES string of the molecule is Cc1ccc(C(O)CCN)cc1C(F)(F)F. The van der Waals surface area contributed by atoms with Crippen LogP contribution in [0.4, 0.5) is 13.2 Å². The Balaban J connectivity index is 3.07. The lowest BCUT2D eigenvalue weighted by molar-refractivity contribution is -0.138. The van der Waals surface area contributed by atoms with Gasteiger partial charge in [-0.25, -0.2) is 0 Å². The molecule has 1 rings (SSSR count). The Kier molecular flexibility index (Phi) is 3.93. The molecule has 0 aliphatic rings. The van der Waals surface area contributed by atoms with Crippen LogP contribution in [0.25, 0.3) is 0 Å². The van der Waals surface area contributed by atoms with Crippen molar-refractivity contribution in [2.45, 2.75) is 25.6 Å². The fraction of sp³-hybridized carbons (Fsp3) is 0.455. The summed E-state index contributed by atoms with van der Waals surface area (Å²) in [7, 11) is 0. The third kappa shape index (κ3) is 2.96. The van der Waals surface area contributed by atoms with Gasteiger partial charge < -0.3 is 10.8 Å². The number of hydrogen-bond acceptors (Lipinski definition) is 2. The molecule has 3 N–H and O–H groups in total. The molecule has 0 fully saturated rings. The molecule has 16 heavy (non-hydrogen) atoms. The Hall–Kier alpha value is -1.07. The normalized spacial score (nSPS) is 13.9. The molecule has 0 saturated carbocycles. The number of rotatable bonds is 3. The summed E-state index contributed by atoms with van der Waals surface area (Å²) in [6.45, 7) is 1.62. The minimum absolute atomic E-state index is 0.149. The lowest BCUT2D eigenvalue weighted by Gasteiger charge is -2.15. The molecule has 0 bridgehead atoms. The Morgan fingerprint density at radius 3 is 2.50 bits per heavy atom. The highest BCUT2D eigenvalue weighted by atomic mass is 19.4. The van der Waals surface area contributed by atoms with Gasteiger partial charge in [0.2, 0.25) is 0 Å². The molecule has 0 amide bonds. The van der Waals surface area contributed by atoms with Crippen LogP contribution in [0.1, 0.15) is 29.2 Å². The molecular formula is C11H14F3NO. The van der Waals surface area contributed by atoms with Crippen molar-refractivity contribution >= 4 is 0 Å². The van der Waals surface area contributed by atoms with Crippen molar-refractivity contribution in [3.63, 3.8) is 0 Å². The fourth-order valence-electron chi connectivity index (χ4n) is 1.48. The van der Waals surface area contributed by atoms with Crippen LogP contribution >= 0.6 is 0 Å². The van der Waals surface area contributed by atoms with Crippen LogP contribution in [0.2, 0.25) is 0 Å². The number of hydrogen-bond donors (Lipinski definition) is 2. The van der Waals surface area contributed by atoms with Gasteiger partial charge in [-0.2, -0.15) is 13.2 Å². The van der Waals surface area contributed by atoms with Gasteiger partial charge in [-0.1, -0.05) is 12.1 Å². The maximum absolute atomic E-state index is 12.6. The molecular weight excluding hydrogens is 219 g/mol. The first-order chi connectivity index (χ1) is 7.36.